The van der Waals surface area contributed by atoms with Gasteiger partial charge in [0.1, 0.15) is 5.01 Å². The van der Waals surface area contributed by atoms with E-state index in [2.05, 4.69) is 20.9 Å². The summed E-state index contributed by atoms with van der Waals surface area (Å²) >= 11 is 6.66. The summed E-state index contributed by atoms with van der Waals surface area (Å²) in [7, 11) is 1.80. The number of nitrogens with zero attached hydrogens (tertiary/aromatic N) is 2. The van der Waals surface area contributed by atoms with Crippen molar-refractivity contribution in [3.8, 4) is 0 Å². The maximum atomic E-state index is 12.2. The molecular formula is C16H13BrN2OS2. The summed E-state index contributed by atoms with van der Waals surface area (Å²) < 4.78 is 2.21. The van der Waals surface area contributed by atoms with Gasteiger partial charge in [-0.15, -0.1) is 22.7 Å². The molecule has 0 saturated carbocycles. The summed E-state index contributed by atoms with van der Waals surface area (Å²) in [5.41, 5.74) is 0.969. The summed E-state index contributed by atoms with van der Waals surface area (Å²) in [5.74, 6) is -0.0243. The SMILES string of the molecule is CN(Cc1ccc(Br)s1)C(=O)/C=C/c1nc2ccccc2s1. The second kappa shape index (κ2) is 6.73. The number of carbonyl (C=O) groups excluding carboxylic acids is 1. The second-order valence-electron chi connectivity index (χ2n) is 4.75. The van der Waals surface area contributed by atoms with Gasteiger partial charge in [-0.3, -0.25) is 4.79 Å². The highest BCUT2D eigenvalue weighted by Crippen LogP contribution is 2.24. The van der Waals surface area contributed by atoms with Gasteiger partial charge >= 0.3 is 0 Å². The highest BCUT2D eigenvalue weighted by Gasteiger charge is 2.08. The van der Waals surface area contributed by atoms with Gasteiger partial charge in [-0.05, 0) is 46.3 Å². The van der Waals surface area contributed by atoms with Crippen molar-refractivity contribution < 1.29 is 4.79 Å². The average Bonchev–Trinajstić information content (AvgIpc) is 3.10. The number of halogens is 1. The van der Waals surface area contributed by atoms with Gasteiger partial charge in [-0.2, -0.15) is 0 Å². The van der Waals surface area contributed by atoms with E-state index >= 15 is 0 Å². The molecule has 0 fully saturated rings. The smallest absolute Gasteiger partial charge is 0.246 e. The molecule has 0 N–H and O–H groups in total. The summed E-state index contributed by atoms with van der Waals surface area (Å²) in [6, 6.07) is 12.0. The molecule has 1 amide bonds. The van der Waals surface area contributed by atoms with Crippen molar-refractivity contribution in [3.05, 3.63) is 56.1 Å². The minimum Gasteiger partial charge on any atom is -0.337 e. The molecule has 3 aromatic rings. The molecule has 0 unspecified atom stereocenters. The molecule has 6 heteroatoms. The second-order valence-corrected chi connectivity index (χ2v) is 8.36. The molecule has 0 bridgehead atoms. The van der Waals surface area contributed by atoms with E-state index in [1.54, 1.807) is 46.8 Å². The number of thiophene rings is 1. The zero-order chi connectivity index (χ0) is 15.5. The first-order chi connectivity index (χ1) is 10.6. The molecule has 0 atom stereocenters. The highest BCUT2D eigenvalue weighted by molar-refractivity contribution is 9.11. The Balaban J connectivity index is 1.67. The van der Waals surface area contributed by atoms with Crippen LogP contribution in [0.4, 0.5) is 0 Å². The van der Waals surface area contributed by atoms with Crippen LogP contribution in [0.5, 0.6) is 0 Å². The third-order valence-electron chi connectivity index (χ3n) is 3.08. The van der Waals surface area contributed by atoms with E-state index in [1.807, 2.05) is 36.4 Å². The van der Waals surface area contributed by atoms with Crippen molar-refractivity contribution in [1.82, 2.24) is 9.88 Å². The molecule has 22 heavy (non-hydrogen) atoms. The number of aromatic nitrogens is 1. The molecule has 112 valence electrons. The van der Waals surface area contributed by atoms with Crippen molar-refractivity contribution >= 4 is 60.8 Å². The molecule has 0 saturated heterocycles. The fraction of sp³-hybridized carbons (Fsp3) is 0.125. The standard InChI is InChI=1S/C16H13BrN2OS2/c1-19(10-11-6-7-14(17)21-11)16(20)9-8-15-18-12-4-2-3-5-13(12)22-15/h2-9H,10H2,1H3/b9-8+. The minimum absolute atomic E-state index is 0.0243. The molecule has 2 aromatic heterocycles. The van der Waals surface area contributed by atoms with E-state index in [-0.39, 0.29) is 5.91 Å². The quantitative estimate of drug-likeness (QED) is 0.597. The normalized spacial score (nSPS) is 11.4. The van der Waals surface area contributed by atoms with E-state index in [4.69, 9.17) is 0 Å². The molecule has 0 aliphatic rings. The van der Waals surface area contributed by atoms with Crippen molar-refractivity contribution in [2.45, 2.75) is 6.54 Å². The molecule has 1 aromatic carbocycles. The summed E-state index contributed by atoms with van der Waals surface area (Å²) in [5, 5.41) is 0.849. The van der Waals surface area contributed by atoms with Crippen LogP contribution in [-0.2, 0) is 11.3 Å². The third kappa shape index (κ3) is 3.63. The summed E-state index contributed by atoms with van der Waals surface area (Å²) in [6.45, 7) is 0.610. The van der Waals surface area contributed by atoms with Crippen LogP contribution in [0.2, 0.25) is 0 Å². The number of para-hydroxylation sites is 1. The first-order valence-electron chi connectivity index (χ1n) is 6.65. The Hall–Kier alpha value is -1.50. The fourth-order valence-corrected chi connectivity index (χ4v) is 4.39. The van der Waals surface area contributed by atoms with Gasteiger partial charge in [0.2, 0.25) is 5.91 Å². The summed E-state index contributed by atoms with van der Waals surface area (Å²) in [6.07, 6.45) is 3.37. The molecule has 0 radical (unpaired) electrons. The molecule has 3 rings (SSSR count). The van der Waals surface area contributed by atoms with Gasteiger partial charge < -0.3 is 4.90 Å². The number of likely N-dealkylation sites (N-methyl/N-ethyl adjacent to an activating group) is 1. The summed E-state index contributed by atoms with van der Waals surface area (Å²) in [4.78, 5) is 19.5. The Bertz CT molecular complexity index is 804. The van der Waals surface area contributed by atoms with E-state index in [0.717, 1.165) is 23.9 Å². The molecule has 0 aliphatic heterocycles. The van der Waals surface area contributed by atoms with Crippen LogP contribution >= 0.6 is 38.6 Å². The van der Waals surface area contributed by atoms with Gasteiger partial charge in [0.25, 0.3) is 0 Å². The van der Waals surface area contributed by atoms with E-state index in [1.165, 1.54) is 0 Å². The lowest BCUT2D eigenvalue weighted by Crippen LogP contribution is -2.23. The van der Waals surface area contributed by atoms with Gasteiger partial charge in [0, 0.05) is 18.0 Å². The van der Waals surface area contributed by atoms with Gasteiger partial charge in [0.15, 0.2) is 0 Å². The number of benzene rings is 1. The Morgan fingerprint density at radius 2 is 2.09 bits per heavy atom. The number of hydrogen-bond acceptors (Lipinski definition) is 4. The van der Waals surface area contributed by atoms with Crippen molar-refractivity contribution in [3.63, 3.8) is 0 Å². The molecule has 2 heterocycles. The van der Waals surface area contributed by atoms with Gasteiger partial charge in [-0.25, -0.2) is 4.98 Å². The van der Waals surface area contributed by atoms with Crippen LogP contribution in [0.25, 0.3) is 16.3 Å². The predicted molar refractivity (Wildman–Crippen MR) is 97.1 cm³/mol. The monoisotopic (exact) mass is 392 g/mol. The first kappa shape index (κ1) is 15.4. The highest BCUT2D eigenvalue weighted by atomic mass is 79.9. The lowest BCUT2D eigenvalue weighted by molar-refractivity contribution is -0.125. The van der Waals surface area contributed by atoms with Crippen LogP contribution in [-0.4, -0.2) is 22.8 Å². The lowest BCUT2D eigenvalue weighted by Gasteiger charge is -2.13. The predicted octanol–water partition coefficient (Wildman–Crippen LogP) is 4.79. The minimum atomic E-state index is -0.0243. The van der Waals surface area contributed by atoms with Crippen LogP contribution in [0.3, 0.4) is 0 Å². The number of thiazole rings is 1. The van der Waals surface area contributed by atoms with E-state index < -0.39 is 0 Å². The Kier molecular flexibility index (Phi) is 4.71. The number of fused-ring (bicyclic) bond motifs is 1. The van der Waals surface area contributed by atoms with Crippen LogP contribution in [0, 0.1) is 0 Å². The van der Waals surface area contributed by atoms with Crippen LogP contribution in [0.15, 0.2) is 46.3 Å². The van der Waals surface area contributed by atoms with Crippen molar-refractivity contribution in [2.24, 2.45) is 0 Å². The number of amides is 1. The van der Waals surface area contributed by atoms with Gasteiger partial charge in [-0.1, -0.05) is 12.1 Å². The molecule has 3 nitrogen and oxygen atoms in total. The Morgan fingerprint density at radius 3 is 2.82 bits per heavy atom. The number of hydrogen-bond donors (Lipinski definition) is 0. The lowest BCUT2D eigenvalue weighted by atomic mass is 10.3. The molecular weight excluding hydrogens is 380 g/mol. The van der Waals surface area contributed by atoms with Crippen molar-refractivity contribution in [2.75, 3.05) is 7.05 Å². The zero-order valence-electron chi connectivity index (χ0n) is 11.8. The fourth-order valence-electron chi connectivity index (χ4n) is 1.98. The largest absolute Gasteiger partial charge is 0.337 e. The van der Waals surface area contributed by atoms with Crippen LogP contribution < -0.4 is 0 Å². The number of carbonyl (C=O) groups is 1. The molecule has 0 spiro atoms. The van der Waals surface area contributed by atoms with Gasteiger partial charge in [0.05, 0.1) is 20.5 Å². The topological polar surface area (TPSA) is 33.2 Å². The maximum Gasteiger partial charge on any atom is 0.246 e. The Labute approximate surface area is 145 Å². The zero-order valence-corrected chi connectivity index (χ0v) is 15.0. The van der Waals surface area contributed by atoms with E-state index in [0.29, 0.717) is 6.54 Å². The van der Waals surface area contributed by atoms with E-state index in [9.17, 15) is 4.79 Å². The average molecular weight is 393 g/mol. The van der Waals surface area contributed by atoms with Crippen molar-refractivity contribution in [1.29, 1.82) is 0 Å². The van der Waals surface area contributed by atoms with Crippen LogP contribution in [0.1, 0.15) is 9.88 Å². The Morgan fingerprint density at radius 1 is 1.27 bits per heavy atom. The molecule has 0 aliphatic carbocycles. The third-order valence-corrected chi connectivity index (χ3v) is 5.69. The first-order valence-corrected chi connectivity index (χ1v) is 9.07. The number of rotatable bonds is 4. The maximum absolute atomic E-state index is 12.2.